The van der Waals surface area contributed by atoms with Crippen LogP contribution in [0.15, 0.2) is 12.1 Å². The quantitative estimate of drug-likeness (QED) is 0.816. The molecule has 1 aromatic rings. The van der Waals surface area contributed by atoms with Gasteiger partial charge in [0.25, 0.3) is 0 Å². The van der Waals surface area contributed by atoms with Gasteiger partial charge >= 0.3 is 0 Å². The number of halogens is 1. The van der Waals surface area contributed by atoms with E-state index in [0.717, 1.165) is 0 Å². The largest absolute Gasteiger partial charge is 0.349 e. The molecule has 1 rings (SSSR count). The zero-order valence-corrected chi connectivity index (χ0v) is 10.0. The minimum Gasteiger partial charge on any atom is -0.349 e. The highest BCUT2D eigenvalue weighted by Crippen LogP contribution is 2.02. The highest BCUT2D eigenvalue weighted by atomic mass is 35.5. The topological polar surface area (TPSA) is 80.9 Å². The second kappa shape index (κ2) is 5.77. The third kappa shape index (κ3) is 3.75. The number of nitrogens with zero attached hydrogens (tertiary/aromatic N) is 2. The normalized spacial score (nSPS) is 12.6. The molecular formula is C10H15ClN4O. The number of carbonyl (C=O) groups is 1. The van der Waals surface area contributed by atoms with Crippen LogP contribution in [0.25, 0.3) is 0 Å². The molecule has 0 aromatic carbocycles. The first-order valence-electron chi connectivity index (χ1n) is 5.02. The van der Waals surface area contributed by atoms with E-state index in [1.54, 1.807) is 12.1 Å². The Kier molecular flexibility index (Phi) is 4.64. The summed E-state index contributed by atoms with van der Waals surface area (Å²) in [5.41, 5.74) is 6.33. The number of rotatable bonds is 4. The van der Waals surface area contributed by atoms with Crippen molar-refractivity contribution < 1.29 is 4.79 Å². The average molecular weight is 243 g/mol. The molecule has 1 amide bonds. The summed E-state index contributed by atoms with van der Waals surface area (Å²) in [6.07, 6.45) is 0. The molecule has 0 bridgehead atoms. The van der Waals surface area contributed by atoms with Crippen LogP contribution >= 0.6 is 11.6 Å². The van der Waals surface area contributed by atoms with Gasteiger partial charge in [0.15, 0.2) is 5.15 Å². The van der Waals surface area contributed by atoms with Gasteiger partial charge in [0.2, 0.25) is 5.91 Å². The average Bonchev–Trinajstić information content (AvgIpc) is 2.26. The molecule has 0 saturated heterocycles. The van der Waals surface area contributed by atoms with Gasteiger partial charge in [0.05, 0.1) is 18.3 Å². The fraction of sp³-hybridized carbons (Fsp3) is 0.500. The van der Waals surface area contributed by atoms with Crippen molar-refractivity contribution >= 4 is 17.5 Å². The molecule has 0 aliphatic rings. The van der Waals surface area contributed by atoms with E-state index in [1.807, 2.05) is 13.8 Å². The lowest BCUT2D eigenvalue weighted by atomic mass is 10.1. The number of carbonyl (C=O) groups excluding carboxylic acids is 1. The van der Waals surface area contributed by atoms with Crippen molar-refractivity contribution in [3.05, 3.63) is 23.0 Å². The van der Waals surface area contributed by atoms with Gasteiger partial charge in [0, 0.05) is 0 Å². The van der Waals surface area contributed by atoms with Crippen molar-refractivity contribution in [2.24, 2.45) is 11.7 Å². The molecule has 88 valence electrons. The third-order valence-electron chi connectivity index (χ3n) is 2.15. The number of nitrogens with one attached hydrogen (secondary N) is 1. The lowest BCUT2D eigenvalue weighted by Gasteiger charge is -2.14. The standard InChI is InChI=1S/C10H15ClN4O/c1-6(2)9(12)10(16)13-5-7-3-4-8(11)15-14-7/h3-4,6,9H,5,12H2,1-2H3,(H,13,16). The fourth-order valence-electron chi connectivity index (χ4n) is 1.04. The molecule has 0 fully saturated rings. The number of nitrogens with two attached hydrogens (primary N) is 1. The Bertz CT molecular complexity index is 352. The number of aromatic nitrogens is 2. The first-order valence-corrected chi connectivity index (χ1v) is 5.40. The lowest BCUT2D eigenvalue weighted by molar-refractivity contribution is -0.123. The molecule has 0 aliphatic heterocycles. The second-order valence-corrected chi connectivity index (χ2v) is 4.22. The fourth-order valence-corrected chi connectivity index (χ4v) is 1.14. The van der Waals surface area contributed by atoms with Gasteiger partial charge in [-0.15, -0.1) is 5.10 Å². The third-order valence-corrected chi connectivity index (χ3v) is 2.35. The summed E-state index contributed by atoms with van der Waals surface area (Å²) in [7, 11) is 0. The van der Waals surface area contributed by atoms with Crippen molar-refractivity contribution in [1.29, 1.82) is 0 Å². The Balaban J connectivity index is 2.46. The van der Waals surface area contributed by atoms with Crippen LogP contribution in [0.5, 0.6) is 0 Å². The molecule has 0 spiro atoms. The Morgan fingerprint density at radius 1 is 1.50 bits per heavy atom. The SMILES string of the molecule is CC(C)C(N)C(=O)NCc1ccc(Cl)nn1. The van der Waals surface area contributed by atoms with E-state index >= 15 is 0 Å². The number of hydrogen-bond acceptors (Lipinski definition) is 4. The maximum atomic E-state index is 11.5. The van der Waals surface area contributed by atoms with E-state index in [2.05, 4.69) is 15.5 Å². The Hall–Kier alpha value is -1.20. The smallest absolute Gasteiger partial charge is 0.237 e. The van der Waals surface area contributed by atoms with Crippen LogP contribution in [0.2, 0.25) is 5.15 Å². The van der Waals surface area contributed by atoms with Gasteiger partial charge < -0.3 is 11.1 Å². The maximum Gasteiger partial charge on any atom is 0.237 e. The molecule has 16 heavy (non-hydrogen) atoms. The lowest BCUT2D eigenvalue weighted by Crippen LogP contribution is -2.43. The van der Waals surface area contributed by atoms with Crippen molar-refractivity contribution in [3.63, 3.8) is 0 Å². The molecule has 6 heteroatoms. The van der Waals surface area contributed by atoms with Crippen LogP contribution in [-0.4, -0.2) is 22.1 Å². The van der Waals surface area contributed by atoms with Crippen LogP contribution in [0.1, 0.15) is 19.5 Å². The highest BCUT2D eigenvalue weighted by Gasteiger charge is 2.16. The van der Waals surface area contributed by atoms with Crippen molar-refractivity contribution in [2.75, 3.05) is 0 Å². The zero-order valence-electron chi connectivity index (χ0n) is 9.27. The van der Waals surface area contributed by atoms with E-state index in [4.69, 9.17) is 17.3 Å². The van der Waals surface area contributed by atoms with Crippen LogP contribution in [-0.2, 0) is 11.3 Å². The van der Waals surface area contributed by atoms with E-state index in [9.17, 15) is 4.79 Å². The van der Waals surface area contributed by atoms with Crippen molar-refractivity contribution in [1.82, 2.24) is 15.5 Å². The number of hydrogen-bond donors (Lipinski definition) is 2. The zero-order chi connectivity index (χ0) is 12.1. The minimum atomic E-state index is -0.500. The van der Waals surface area contributed by atoms with Crippen molar-refractivity contribution in [2.45, 2.75) is 26.4 Å². The summed E-state index contributed by atoms with van der Waals surface area (Å²) in [6.45, 7) is 4.10. The second-order valence-electron chi connectivity index (χ2n) is 3.83. The Morgan fingerprint density at radius 3 is 2.69 bits per heavy atom. The van der Waals surface area contributed by atoms with Gasteiger partial charge in [0.1, 0.15) is 0 Å². The van der Waals surface area contributed by atoms with E-state index in [0.29, 0.717) is 17.4 Å². The molecule has 1 heterocycles. The number of amides is 1. The van der Waals surface area contributed by atoms with E-state index in [1.165, 1.54) is 0 Å². The minimum absolute atomic E-state index is 0.108. The summed E-state index contributed by atoms with van der Waals surface area (Å²) in [5.74, 6) is -0.0805. The predicted octanol–water partition coefficient (Wildman–Crippen LogP) is 0.729. The van der Waals surface area contributed by atoms with E-state index in [-0.39, 0.29) is 11.8 Å². The summed E-state index contributed by atoms with van der Waals surface area (Å²) < 4.78 is 0. The van der Waals surface area contributed by atoms with Crippen LogP contribution in [0, 0.1) is 5.92 Å². The molecule has 1 atom stereocenters. The molecule has 5 nitrogen and oxygen atoms in total. The van der Waals surface area contributed by atoms with Gasteiger partial charge in [-0.2, -0.15) is 5.10 Å². The van der Waals surface area contributed by atoms with Gasteiger partial charge in [-0.05, 0) is 18.1 Å². The molecule has 1 aromatic heterocycles. The van der Waals surface area contributed by atoms with Gasteiger partial charge in [-0.25, -0.2) is 0 Å². The monoisotopic (exact) mass is 242 g/mol. The molecule has 0 radical (unpaired) electrons. The molecule has 0 saturated carbocycles. The summed E-state index contributed by atoms with van der Waals surface area (Å²) in [4.78, 5) is 11.5. The van der Waals surface area contributed by atoms with Crippen LogP contribution in [0.3, 0.4) is 0 Å². The van der Waals surface area contributed by atoms with Crippen LogP contribution in [0.4, 0.5) is 0 Å². The van der Waals surface area contributed by atoms with Gasteiger partial charge in [-0.3, -0.25) is 4.79 Å². The molecule has 1 unspecified atom stereocenters. The Morgan fingerprint density at radius 2 is 2.19 bits per heavy atom. The van der Waals surface area contributed by atoms with Gasteiger partial charge in [-0.1, -0.05) is 25.4 Å². The first kappa shape index (κ1) is 12.9. The summed E-state index contributed by atoms with van der Waals surface area (Å²) in [6, 6.07) is 2.83. The molecule has 0 aliphatic carbocycles. The molecular weight excluding hydrogens is 228 g/mol. The first-order chi connectivity index (χ1) is 7.50. The highest BCUT2D eigenvalue weighted by molar-refractivity contribution is 6.29. The summed E-state index contributed by atoms with van der Waals surface area (Å²) >= 11 is 5.59. The van der Waals surface area contributed by atoms with Crippen molar-refractivity contribution in [3.8, 4) is 0 Å². The van der Waals surface area contributed by atoms with E-state index < -0.39 is 6.04 Å². The van der Waals surface area contributed by atoms with Crippen LogP contribution < -0.4 is 11.1 Å². The maximum absolute atomic E-state index is 11.5. The Labute approximate surface area is 99.4 Å². The molecule has 3 N–H and O–H groups in total. The predicted molar refractivity (Wildman–Crippen MR) is 61.7 cm³/mol. The summed E-state index contributed by atoms with van der Waals surface area (Å²) in [5, 5.41) is 10.5.